The van der Waals surface area contributed by atoms with Crippen LogP contribution < -0.4 is 10.2 Å². The van der Waals surface area contributed by atoms with Gasteiger partial charge in [-0.1, -0.05) is 13.8 Å². The van der Waals surface area contributed by atoms with E-state index in [-0.39, 0.29) is 17.4 Å². The maximum absolute atomic E-state index is 12.6. The first kappa shape index (κ1) is 17.7. The molecule has 2 rings (SSSR count). The molecule has 1 aromatic heterocycles. The summed E-state index contributed by atoms with van der Waals surface area (Å²) in [5.74, 6) is 0.704. The summed E-state index contributed by atoms with van der Waals surface area (Å²) >= 11 is 0. The van der Waals surface area contributed by atoms with E-state index in [1.807, 2.05) is 12.1 Å². The molecule has 1 aromatic rings. The van der Waals surface area contributed by atoms with Crippen molar-refractivity contribution in [2.24, 2.45) is 5.41 Å². The summed E-state index contributed by atoms with van der Waals surface area (Å²) in [5.41, 5.74) is 0.499. The Morgan fingerprint density at radius 3 is 2.74 bits per heavy atom. The van der Waals surface area contributed by atoms with Crippen LogP contribution in [0, 0.1) is 5.41 Å². The Labute approximate surface area is 139 Å². The highest BCUT2D eigenvalue weighted by Crippen LogP contribution is 2.23. The standard InChI is InChI=1S/C18H29N3O2/c1-14(22)12-18(2,3)13-20-17(23)15-8-7-9-19-16(15)21-10-5-4-6-11-21/h7-9,14,22H,4-6,10-13H2,1-3H3,(H,20,23). The van der Waals surface area contributed by atoms with Gasteiger partial charge in [0, 0.05) is 25.8 Å². The first-order valence-corrected chi connectivity index (χ1v) is 8.55. The Bertz CT molecular complexity index is 523. The lowest BCUT2D eigenvalue weighted by molar-refractivity contribution is 0.0902. The Morgan fingerprint density at radius 2 is 2.09 bits per heavy atom. The number of aliphatic hydroxyl groups is 1. The largest absolute Gasteiger partial charge is 0.393 e. The summed E-state index contributed by atoms with van der Waals surface area (Å²) in [7, 11) is 0. The van der Waals surface area contributed by atoms with Crippen LogP contribution in [0.5, 0.6) is 0 Å². The van der Waals surface area contributed by atoms with E-state index in [9.17, 15) is 9.90 Å². The second-order valence-electron chi connectivity index (χ2n) is 7.32. The smallest absolute Gasteiger partial charge is 0.255 e. The van der Waals surface area contributed by atoms with E-state index in [2.05, 4.69) is 29.0 Å². The van der Waals surface area contributed by atoms with Crippen molar-refractivity contribution >= 4 is 11.7 Å². The fourth-order valence-electron chi connectivity index (χ4n) is 3.22. The van der Waals surface area contributed by atoms with Gasteiger partial charge < -0.3 is 15.3 Å². The molecule has 1 unspecified atom stereocenters. The van der Waals surface area contributed by atoms with Crippen molar-refractivity contribution in [3.8, 4) is 0 Å². The molecule has 5 heteroatoms. The second-order valence-corrected chi connectivity index (χ2v) is 7.32. The summed E-state index contributed by atoms with van der Waals surface area (Å²) in [6, 6.07) is 3.65. The molecule has 0 aromatic carbocycles. The average molecular weight is 319 g/mol. The third kappa shape index (κ3) is 5.20. The van der Waals surface area contributed by atoms with Gasteiger partial charge in [0.25, 0.3) is 5.91 Å². The predicted molar refractivity (Wildman–Crippen MR) is 92.7 cm³/mol. The molecule has 1 aliphatic heterocycles. The molecule has 0 saturated carbocycles. The maximum atomic E-state index is 12.6. The van der Waals surface area contributed by atoms with Gasteiger partial charge in [-0.2, -0.15) is 0 Å². The van der Waals surface area contributed by atoms with E-state index >= 15 is 0 Å². The third-order valence-corrected chi connectivity index (χ3v) is 4.26. The molecule has 128 valence electrons. The lowest BCUT2D eigenvalue weighted by atomic mass is 9.87. The van der Waals surface area contributed by atoms with Gasteiger partial charge >= 0.3 is 0 Å². The molecule has 1 amide bonds. The van der Waals surface area contributed by atoms with Crippen molar-refractivity contribution in [1.82, 2.24) is 10.3 Å². The summed E-state index contributed by atoms with van der Waals surface area (Å²) < 4.78 is 0. The van der Waals surface area contributed by atoms with Crippen molar-refractivity contribution < 1.29 is 9.90 Å². The number of carbonyl (C=O) groups excluding carboxylic acids is 1. The highest BCUT2D eigenvalue weighted by Gasteiger charge is 2.24. The van der Waals surface area contributed by atoms with Crippen LogP contribution in [0.2, 0.25) is 0 Å². The molecule has 2 N–H and O–H groups in total. The number of carbonyl (C=O) groups is 1. The van der Waals surface area contributed by atoms with Gasteiger partial charge in [0.05, 0.1) is 11.7 Å². The Kier molecular flexibility index (Phi) is 5.99. The van der Waals surface area contributed by atoms with Crippen molar-refractivity contribution in [1.29, 1.82) is 0 Å². The van der Waals surface area contributed by atoms with Crippen LogP contribution in [0.4, 0.5) is 5.82 Å². The van der Waals surface area contributed by atoms with Gasteiger partial charge in [-0.15, -0.1) is 0 Å². The van der Waals surface area contributed by atoms with E-state index in [1.54, 1.807) is 13.1 Å². The van der Waals surface area contributed by atoms with E-state index in [4.69, 9.17) is 0 Å². The molecular weight excluding hydrogens is 290 g/mol. The van der Waals surface area contributed by atoms with Crippen molar-refractivity contribution in [3.63, 3.8) is 0 Å². The lowest BCUT2D eigenvalue weighted by Gasteiger charge is -2.30. The molecule has 0 bridgehead atoms. The van der Waals surface area contributed by atoms with Crippen LogP contribution in [0.25, 0.3) is 0 Å². The third-order valence-electron chi connectivity index (χ3n) is 4.26. The van der Waals surface area contributed by atoms with E-state index in [0.29, 0.717) is 18.5 Å². The van der Waals surface area contributed by atoms with Gasteiger partial charge in [0.15, 0.2) is 0 Å². The average Bonchev–Trinajstić information content (AvgIpc) is 2.52. The van der Waals surface area contributed by atoms with E-state index in [1.165, 1.54) is 6.42 Å². The molecule has 0 spiro atoms. The van der Waals surface area contributed by atoms with Crippen LogP contribution in [0.1, 0.15) is 56.8 Å². The van der Waals surface area contributed by atoms with Gasteiger partial charge in [-0.3, -0.25) is 4.79 Å². The SMILES string of the molecule is CC(O)CC(C)(C)CNC(=O)c1cccnc1N1CCCCC1. The molecule has 5 nitrogen and oxygen atoms in total. The molecule has 1 aliphatic rings. The molecule has 23 heavy (non-hydrogen) atoms. The van der Waals surface area contributed by atoms with E-state index in [0.717, 1.165) is 31.7 Å². The number of nitrogens with one attached hydrogen (secondary N) is 1. The molecule has 1 atom stereocenters. The summed E-state index contributed by atoms with van der Waals surface area (Å²) in [5, 5.41) is 12.6. The quantitative estimate of drug-likeness (QED) is 0.846. The molecule has 2 heterocycles. The monoisotopic (exact) mass is 319 g/mol. The minimum atomic E-state index is -0.371. The zero-order valence-electron chi connectivity index (χ0n) is 14.5. The van der Waals surface area contributed by atoms with Crippen LogP contribution in [0.15, 0.2) is 18.3 Å². The first-order valence-electron chi connectivity index (χ1n) is 8.55. The Morgan fingerprint density at radius 1 is 1.39 bits per heavy atom. The number of anilines is 1. The normalized spacial score (nSPS) is 17.0. The molecular formula is C18H29N3O2. The van der Waals surface area contributed by atoms with Gasteiger partial charge in [0.1, 0.15) is 5.82 Å². The number of piperidine rings is 1. The lowest BCUT2D eigenvalue weighted by Crippen LogP contribution is -2.37. The summed E-state index contributed by atoms with van der Waals surface area (Å²) in [6.45, 7) is 8.34. The number of aromatic nitrogens is 1. The highest BCUT2D eigenvalue weighted by atomic mass is 16.3. The number of nitrogens with zero attached hydrogens (tertiary/aromatic N) is 2. The van der Waals surface area contributed by atoms with Crippen LogP contribution in [0.3, 0.4) is 0 Å². The minimum Gasteiger partial charge on any atom is -0.393 e. The van der Waals surface area contributed by atoms with Crippen LogP contribution in [-0.2, 0) is 0 Å². The zero-order chi connectivity index (χ0) is 16.9. The Balaban J connectivity index is 2.04. The van der Waals surface area contributed by atoms with Crippen LogP contribution in [-0.4, -0.2) is 41.7 Å². The zero-order valence-corrected chi connectivity index (χ0v) is 14.5. The number of amides is 1. The molecule has 1 fully saturated rings. The number of rotatable bonds is 6. The highest BCUT2D eigenvalue weighted by molar-refractivity contribution is 5.98. The number of hydrogen-bond donors (Lipinski definition) is 2. The van der Waals surface area contributed by atoms with E-state index < -0.39 is 0 Å². The second kappa shape index (κ2) is 7.77. The maximum Gasteiger partial charge on any atom is 0.255 e. The fraction of sp³-hybridized carbons (Fsp3) is 0.667. The fourth-order valence-corrected chi connectivity index (χ4v) is 3.22. The van der Waals surface area contributed by atoms with Crippen molar-refractivity contribution in [3.05, 3.63) is 23.9 Å². The topological polar surface area (TPSA) is 65.5 Å². The predicted octanol–water partition coefficient (Wildman–Crippen LogP) is 2.60. The van der Waals surface area contributed by atoms with Gasteiger partial charge in [-0.25, -0.2) is 4.98 Å². The van der Waals surface area contributed by atoms with Gasteiger partial charge in [0.2, 0.25) is 0 Å². The van der Waals surface area contributed by atoms with Crippen molar-refractivity contribution in [2.45, 2.75) is 52.6 Å². The summed E-state index contributed by atoms with van der Waals surface area (Å²) in [6.07, 6.45) is 5.58. The molecule has 0 aliphatic carbocycles. The minimum absolute atomic E-state index is 0.0858. The number of aliphatic hydroxyl groups excluding tert-OH is 1. The Hall–Kier alpha value is -1.62. The van der Waals surface area contributed by atoms with Crippen molar-refractivity contribution in [2.75, 3.05) is 24.5 Å². The first-order chi connectivity index (χ1) is 10.9. The summed E-state index contributed by atoms with van der Waals surface area (Å²) in [4.78, 5) is 19.2. The van der Waals surface area contributed by atoms with Gasteiger partial charge in [-0.05, 0) is 50.2 Å². The number of pyridine rings is 1. The molecule has 0 radical (unpaired) electrons. The molecule has 1 saturated heterocycles. The van der Waals surface area contributed by atoms with Crippen LogP contribution >= 0.6 is 0 Å². The number of hydrogen-bond acceptors (Lipinski definition) is 4.